The van der Waals surface area contributed by atoms with Crippen molar-refractivity contribution in [1.29, 1.82) is 0 Å². The lowest BCUT2D eigenvalue weighted by atomic mass is 10.2. The van der Waals surface area contributed by atoms with E-state index >= 15 is 0 Å². The quantitative estimate of drug-likeness (QED) is 0.812. The van der Waals surface area contributed by atoms with Crippen LogP contribution in [-0.2, 0) is 0 Å². The van der Waals surface area contributed by atoms with Crippen LogP contribution in [0.15, 0.2) is 6.07 Å². The first kappa shape index (κ1) is 14.7. The van der Waals surface area contributed by atoms with E-state index in [0.717, 1.165) is 0 Å². The third-order valence-corrected chi connectivity index (χ3v) is 2.77. The summed E-state index contributed by atoms with van der Waals surface area (Å²) in [7, 11) is 0. The van der Waals surface area contributed by atoms with E-state index in [1.807, 2.05) is 0 Å². The highest BCUT2D eigenvalue weighted by Gasteiger charge is 2.30. The molecule has 0 saturated heterocycles. The van der Waals surface area contributed by atoms with Crippen molar-refractivity contribution in [3.8, 4) is 0 Å². The molecule has 0 spiro atoms. The van der Waals surface area contributed by atoms with Crippen molar-refractivity contribution in [3.63, 3.8) is 0 Å². The fourth-order valence-corrected chi connectivity index (χ4v) is 1.73. The number of halogens is 6. The van der Waals surface area contributed by atoms with Crippen LogP contribution in [0, 0.1) is 0 Å². The van der Waals surface area contributed by atoms with Gasteiger partial charge in [-0.25, -0.2) is 4.98 Å². The molecule has 0 amide bonds. The lowest BCUT2D eigenvalue weighted by Gasteiger charge is -2.17. The van der Waals surface area contributed by atoms with Crippen LogP contribution < -0.4 is 5.32 Å². The summed E-state index contributed by atoms with van der Waals surface area (Å²) in [6, 6.07) is 0.457. The molecule has 0 aliphatic carbocycles. The monoisotopic (exact) mass is 306 g/mol. The second-order valence-corrected chi connectivity index (χ2v) is 4.63. The van der Waals surface area contributed by atoms with E-state index in [1.54, 1.807) is 0 Å². The van der Waals surface area contributed by atoms with Crippen molar-refractivity contribution in [3.05, 3.63) is 21.3 Å². The Morgan fingerprint density at radius 1 is 1.29 bits per heavy atom. The van der Waals surface area contributed by atoms with Gasteiger partial charge in [0.05, 0.1) is 16.5 Å². The Bertz CT molecular complexity index is 409. The Labute approximate surface area is 111 Å². The van der Waals surface area contributed by atoms with Crippen LogP contribution in [-0.4, -0.2) is 17.2 Å². The zero-order chi connectivity index (χ0) is 13.2. The van der Waals surface area contributed by atoms with Crippen LogP contribution in [0.4, 0.5) is 19.0 Å². The zero-order valence-electron chi connectivity index (χ0n) is 8.58. The van der Waals surface area contributed by atoms with Crippen molar-refractivity contribution in [2.24, 2.45) is 0 Å². The van der Waals surface area contributed by atoms with E-state index < -0.39 is 18.6 Å². The van der Waals surface area contributed by atoms with E-state index in [0.29, 0.717) is 0 Å². The summed E-state index contributed by atoms with van der Waals surface area (Å²) in [5.74, 6) is 0.0813. The van der Waals surface area contributed by atoms with Crippen LogP contribution in [0.2, 0.25) is 15.2 Å². The molecular formula is C9H8Cl3F3N2. The van der Waals surface area contributed by atoms with Gasteiger partial charge in [-0.15, -0.1) is 0 Å². The minimum atomic E-state index is -4.25. The standard InChI is InChI=1S/C9H8Cl3F3N2/c1-4(3-9(13,14)15)16-8-6(11)2-5(10)7(12)17-8/h2,4H,3H2,1H3,(H,16,17). The van der Waals surface area contributed by atoms with E-state index in [9.17, 15) is 13.2 Å². The van der Waals surface area contributed by atoms with E-state index in [1.165, 1.54) is 13.0 Å². The van der Waals surface area contributed by atoms with Gasteiger partial charge in [0.1, 0.15) is 11.0 Å². The van der Waals surface area contributed by atoms with Gasteiger partial charge in [-0.1, -0.05) is 34.8 Å². The van der Waals surface area contributed by atoms with Crippen molar-refractivity contribution < 1.29 is 13.2 Å². The molecule has 1 N–H and O–H groups in total. The average Bonchev–Trinajstić information content (AvgIpc) is 2.11. The van der Waals surface area contributed by atoms with Crippen LogP contribution in [0.1, 0.15) is 13.3 Å². The number of nitrogens with one attached hydrogen (secondary N) is 1. The minimum Gasteiger partial charge on any atom is -0.366 e. The second kappa shape index (κ2) is 5.50. The highest BCUT2D eigenvalue weighted by atomic mass is 35.5. The zero-order valence-corrected chi connectivity index (χ0v) is 10.8. The van der Waals surface area contributed by atoms with Crippen LogP contribution in [0.25, 0.3) is 0 Å². The SMILES string of the molecule is CC(CC(F)(F)F)Nc1nc(Cl)c(Cl)cc1Cl. The average molecular weight is 308 g/mol. The first-order valence-corrected chi connectivity index (χ1v) is 5.67. The molecule has 0 aromatic carbocycles. The first-order chi connectivity index (χ1) is 7.69. The lowest BCUT2D eigenvalue weighted by Crippen LogP contribution is -2.24. The second-order valence-electron chi connectivity index (χ2n) is 3.46. The summed E-state index contributed by atoms with van der Waals surface area (Å²) >= 11 is 17.0. The molecule has 1 atom stereocenters. The normalized spacial score (nSPS) is 13.6. The predicted molar refractivity (Wildman–Crippen MR) is 63.0 cm³/mol. The molecule has 1 rings (SSSR count). The van der Waals surface area contributed by atoms with Gasteiger partial charge < -0.3 is 5.32 Å². The number of hydrogen-bond donors (Lipinski definition) is 1. The van der Waals surface area contributed by atoms with Crippen molar-refractivity contribution in [2.75, 3.05) is 5.32 Å². The van der Waals surface area contributed by atoms with Crippen LogP contribution in [0.5, 0.6) is 0 Å². The summed E-state index contributed by atoms with van der Waals surface area (Å²) < 4.78 is 36.3. The number of rotatable bonds is 3. The van der Waals surface area contributed by atoms with E-state index in [4.69, 9.17) is 34.8 Å². The van der Waals surface area contributed by atoms with Gasteiger partial charge in [0, 0.05) is 6.04 Å². The van der Waals surface area contributed by atoms with Gasteiger partial charge in [0.25, 0.3) is 0 Å². The molecule has 0 aliphatic rings. The maximum absolute atomic E-state index is 12.1. The van der Waals surface area contributed by atoms with Crippen molar-refractivity contribution in [2.45, 2.75) is 25.6 Å². The Morgan fingerprint density at radius 3 is 2.41 bits per heavy atom. The summed E-state index contributed by atoms with van der Waals surface area (Å²) in [6.45, 7) is 1.37. The number of aromatic nitrogens is 1. The molecule has 1 aromatic rings. The fraction of sp³-hybridized carbons (Fsp3) is 0.444. The molecule has 17 heavy (non-hydrogen) atoms. The number of pyridine rings is 1. The molecule has 0 fully saturated rings. The Balaban J connectivity index is 2.78. The third kappa shape index (κ3) is 4.77. The Kier molecular flexibility index (Phi) is 4.75. The molecule has 0 aliphatic heterocycles. The Morgan fingerprint density at radius 2 is 1.88 bits per heavy atom. The molecule has 1 unspecified atom stereocenters. The van der Waals surface area contributed by atoms with E-state index in [2.05, 4.69) is 10.3 Å². The van der Waals surface area contributed by atoms with Crippen molar-refractivity contribution >= 4 is 40.6 Å². The van der Waals surface area contributed by atoms with Gasteiger partial charge in [0.2, 0.25) is 0 Å². The maximum atomic E-state index is 12.1. The topological polar surface area (TPSA) is 24.9 Å². The van der Waals surface area contributed by atoms with Gasteiger partial charge in [0.15, 0.2) is 0 Å². The summed E-state index contributed by atoms with van der Waals surface area (Å²) in [6.07, 6.45) is -5.25. The largest absolute Gasteiger partial charge is 0.391 e. The first-order valence-electron chi connectivity index (χ1n) is 4.54. The summed E-state index contributed by atoms with van der Waals surface area (Å²) in [5, 5.41) is 2.78. The van der Waals surface area contributed by atoms with Crippen LogP contribution in [0.3, 0.4) is 0 Å². The fourth-order valence-electron chi connectivity index (χ4n) is 1.18. The van der Waals surface area contributed by atoms with Gasteiger partial charge in [-0.05, 0) is 13.0 Å². The molecule has 2 nitrogen and oxygen atoms in total. The lowest BCUT2D eigenvalue weighted by molar-refractivity contribution is -0.136. The summed E-state index contributed by atoms with van der Waals surface area (Å²) in [4.78, 5) is 3.77. The summed E-state index contributed by atoms with van der Waals surface area (Å²) in [5.41, 5.74) is 0. The van der Waals surface area contributed by atoms with Gasteiger partial charge in [-0.3, -0.25) is 0 Å². The number of anilines is 1. The molecule has 8 heteroatoms. The maximum Gasteiger partial charge on any atom is 0.391 e. The van der Waals surface area contributed by atoms with Gasteiger partial charge in [-0.2, -0.15) is 13.2 Å². The van der Waals surface area contributed by atoms with Crippen LogP contribution >= 0.6 is 34.8 Å². The predicted octanol–water partition coefficient (Wildman–Crippen LogP) is 4.79. The molecule has 0 saturated carbocycles. The molecule has 0 bridgehead atoms. The minimum absolute atomic E-state index is 0.0159. The highest BCUT2D eigenvalue weighted by molar-refractivity contribution is 6.42. The number of nitrogens with zero attached hydrogens (tertiary/aromatic N) is 1. The van der Waals surface area contributed by atoms with Gasteiger partial charge >= 0.3 is 6.18 Å². The molecule has 96 valence electrons. The molecule has 1 heterocycles. The van der Waals surface area contributed by atoms with E-state index in [-0.39, 0.29) is 21.0 Å². The molecule has 1 aromatic heterocycles. The smallest absolute Gasteiger partial charge is 0.366 e. The molecule has 0 radical (unpaired) electrons. The number of hydrogen-bond acceptors (Lipinski definition) is 2. The highest BCUT2D eigenvalue weighted by Crippen LogP contribution is 2.30. The molecular weight excluding hydrogens is 299 g/mol. The Hall–Kier alpha value is -0.390. The number of alkyl halides is 3. The van der Waals surface area contributed by atoms with Crippen molar-refractivity contribution in [1.82, 2.24) is 4.98 Å². The third-order valence-electron chi connectivity index (χ3n) is 1.81.